The van der Waals surface area contributed by atoms with E-state index in [-0.39, 0.29) is 0 Å². The highest BCUT2D eigenvalue weighted by Gasteiger charge is 2.41. The first-order valence-corrected chi connectivity index (χ1v) is 5.43. The van der Waals surface area contributed by atoms with Gasteiger partial charge in [-0.3, -0.25) is 4.55 Å². The van der Waals surface area contributed by atoms with Crippen LogP contribution in [0.5, 0.6) is 0 Å². The predicted octanol–water partition coefficient (Wildman–Crippen LogP) is 1.77. The topological polar surface area (TPSA) is 54.4 Å². The first kappa shape index (κ1) is 9.29. The van der Waals surface area contributed by atoms with Gasteiger partial charge < -0.3 is 0 Å². The number of halogens is 1. The molecular weight excluding hydrogens is 188 g/mol. The van der Waals surface area contributed by atoms with Crippen molar-refractivity contribution < 1.29 is 13.0 Å². The van der Waals surface area contributed by atoms with Crippen LogP contribution in [0.2, 0.25) is 0 Å². The number of hydrogen-bond donors (Lipinski definition) is 1. The molecule has 0 aromatic carbocycles. The lowest BCUT2D eigenvalue weighted by Crippen LogP contribution is -2.34. The third-order valence-corrected chi connectivity index (χ3v) is 4.36. The van der Waals surface area contributed by atoms with Gasteiger partial charge in [0.2, 0.25) is 0 Å². The van der Waals surface area contributed by atoms with E-state index in [1.165, 1.54) is 0 Å². The summed E-state index contributed by atoms with van der Waals surface area (Å²) >= 11 is 5.71. The van der Waals surface area contributed by atoms with Crippen LogP contribution in [0, 0.1) is 0 Å². The summed E-state index contributed by atoms with van der Waals surface area (Å²) in [7, 11) is -4.06. The van der Waals surface area contributed by atoms with Crippen molar-refractivity contribution in [2.75, 3.05) is 0 Å². The second kappa shape index (κ2) is 2.92. The summed E-state index contributed by atoms with van der Waals surface area (Å²) in [6.45, 7) is 0. The van der Waals surface area contributed by atoms with E-state index in [2.05, 4.69) is 0 Å². The normalized spacial score (nSPS) is 24.9. The third kappa shape index (κ3) is 1.86. The SMILES string of the molecule is O=S(=O)(O)C1(Cl)CCCCC1. The summed E-state index contributed by atoms with van der Waals surface area (Å²) in [5.74, 6) is 0. The molecule has 0 unspecified atom stereocenters. The zero-order valence-corrected chi connectivity index (χ0v) is 7.66. The molecule has 0 amide bonds. The zero-order valence-electron chi connectivity index (χ0n) is 6.09. The molecule has 1 aliphatic rings. The van der Waals surface area contributed by atoms with Gasteiger partial charge in [0.05, 0.1) is 0 Å². The van der Waals surface area contributed by atoms with Crippen LogP contribution in [0.4, 0.5) is 0 Å². The van der Waals surface area contributed by atoms with E-state index in [0.717, 1.165) is 19.3 Å². The van der Waals surface area contributed by atoms with Crippen molar-refractivity contribution in [2.24, 2.45) is 0 Å². The Morgan fingerprint density at radius 1 is 1.18 bits per heavy atom. The van der Waals surface area contributed by atoms with Crippen molar-refractivity contribution in [3.63, 3.8) is 0 Å². The number of hydrogen-bond acceptors (Lipinski definition) is 2. The van der Waals surface area contributed by atoms with Crippen LogP contribution < -0.4 is 0 Å². The molecule has 0 spiro atoms. The molecule has 1 N–H and O–H groups in total. The van der Waals surface area contributed by atoms with Crippen LogP contribution >= 0.6 is 11.6 Å². The molecule has 0 aromatic rings. The Balaban J connectivity index is 2.81. The summed E-state index contributed by atoms with van der Waals surface area (Å²) in [5.41, 5.74) is 0. The summed E-state index contributed by atoms with van der Waals surface area (Å²) < 4.78 is 28.8. The van der Waals surface area contributed by atoms with Gasteiger partial charge in [-0.05, 0) is 12.8 Å². The highest BCUT2D eigenvalue weighted by Crippen LogP contribution is 2.37. The lowest BCUT2D eigenvalue weighted by Gasteiger charge is -2.27. The van der Waals surface area contributed by atoms with E-state index in [9.17, 15) is 8.42 Å². The van der Waals surface area contributed by atoms with Gasteiger partial charge in [-0.2, -0.15) is 8.42 Å². The third-order valence-electron chi connectivity index (χ3n) is 2.06. The summed E-state index contributed by atoms with van der Waals surface area (Å²) in [4.78, 5) is 0. The van der Waals surface area contributed by atoms with Crippen LogP contribution in [0.15, 0.2) is 0 Å². The van der Waals surface area contributed by atoms with Crippen molar-refractivity contribution >= 4 is 21.7 Å². The maximum absolute atomic E-state index is 10.7. The molecule has 1 rings (SSSR count). The summed E-state index contributed by atoms with van der Waals surface area (Å²) in [6.07, 6.45) is 3.30. The molecule has 1 saturated carbocycles. The molecule has 0 heterocycles. The van der Waals surface area contributed by atoms with Gasteiger partial charge in [-0.15, -0.1) is 0 Å². The first-order valence-electron chi connectivity index (χ1n) is 3.62. The lowest BCUT2D eigenvalue weighted by molar-refractivity contribution is 0.404. The van der Waals surface area contributed by atoms with Crippen molar-refractivity contribution in [1.82, 2.24) is 0 Å². The molecule has 0 bridgehead atoms. The molecular formula is C6H11ClO3S. The van der Waals surface area contributed by atoms with Gasteiger partial charge >= 0.3 is 0 Å². The lowest BCUT2D eigenvalue weighted by atomic mass is 10.00. The van der Waals surface area contributed by atoms with Gasteiger partial charge in [-0.25, -0.2) is 0 Å². The van der Waals surface area contributed by atoms with E-state index in [0.29, 0.717) is 12.8 Å². The molecule has 1 fully saturated rings. The Bertz CT molecular complexity index is 228. The minimum absolute atomic E-state index is 0.368. The smallest absolute Gasteiger partial charge is 0.284 e. The zero-order chi connectivity index (χ0) is 8.54. The summed E-state index contributed by atoms with van der Waals surface area (Å²) in [5, 5.41) is 0. The van der Waals surface area contributed by atoms with Gasteiger partial charge in [0, 0.05) is 0 Å². The largest absolute Gasteiger partial charge is 0.284 e. The highest BCUT2D eigenvalue weighted by molar-refractivity contribution is 7.88. The minimum Gasteiger partial charge on any atom is -0.284 e. The van der Waals surface area contributed by atoms with Crippen molar-refractivity contribution in [3.8, 4) is 0 Å². The highest BCUT2D eigenvalue weighted by atomic mass is 35.5. The molecule has 0 radical (unpaired) electrons. The number of alkyl halides is 1. The molecule has 3 nitrogen and oxygen atoms in total. The number of rotatable bonds is 1. The Hall–Kier alpha value is 0.200. The van der Waals surface area contributed by atoms with Crippen molar-refractivity contribution in [2.45, 2.75) is 36.3 Å². The Labute approximate surface area is 71.5 Å². The Morgan fingerprint density at radius 3 is 1.91 bits per heavy atom. The average Bonchev–Trinajstić information content (AvgIpc) is 1.87. The molecule has 0 aliphatic heterocycles. The fraction of sp³-hybridized carbons (Fsp3) is 1.00. The average molecular weight is 199 g/mol. The van der Waals surface area contributed by atoms with Crippen molar-refractivity contribution in [1.29, 1.82) is 0 Å². The molecule has 0 aromatic heterocycles. The standard InChI is InChI=1S/C6H11ClO3S/c7-6(11(8,9)10)4-2-1-3-5-6/h1-5H2,(H,8,9,10). The summed E-state index contributed by atoms with van der Waals surface area (Å²) in [6, 6.07) is 0. The molecule has 0 saturated heterocycles. The molecule has 0 atom stereocenters. The fourth-order valence-corrected chi connectivity index (χ4v) is 2.41. The first-order chi connectivity index (χ1) is 4.96. The van der Waals surface area contributed by atoms with Crippen LogP contribution in [-0.4, -0.2) is 17.2 Å². The molecule has 66 valence electrons. The second-order valence-corrected chi connectivity index (χ2v) is 5.60. The van der Waals surface area contributed by atoms with E-state index < -0.39 is 14.3 Å². The van der Waals surface area contributed by atoms with Gasteiger partial charge in [-0.1, -0.05) is 30.9 Å². The van der Waals surface area contributed by atoms with E-state index in [1.807, 2.05) is 0 Å². The monoisotopic (exact) mass is 198 g/mol. The minimum atomic E-state index is -4.06. The van der Waals surface area contributed by atoms with Gasteiger partial charge in [0.15, 0.2) is 4.21 Å². The maximum Gasteiger partial charge on any atom is 0.284 e. The van der Waals surface area contributed by atoms with E-state index in [1.54, 1.807) is 0 Å². The van der Waals surface area contributed by atoms with Crippen LogP contribution in [-0.2, 0) is 10.1 Å². The molecule has 5 heteroatoms. The fourth-order valence-electron chi connectivity index (χ4n) is 1.34. The van der Waals surface area contributed by atoms with Crippen LogP contribution in [0.25, 0.3) is 0 Å². The van der Waals surface area contributed by atoms with Crippen LogP contribution in [0.1, 0.15) is 32.1 Å². The quantitative estimate of drug-likeness (QED) is 0.516. The van der Waals surface area contributed by atoms with Crippen LogP contribution in [0.3, 0.4) is 0 Å². The van der Waals surface area contributed by atoms with E-state index in [4.69, 9.17) is 16.2 Å². The molecule has 11 heavy (non-hydrogen) atoms. The molecule has 1 aliphatic carbocycles. The second-order valence-electron chi connectivity index (χ2n) is 2.92. The van der Waals surface area contributed by atoms with Gasteiger partial charge in [0.25, 0.3) is 10.1 Å². The van der Waals surface area contributed by atoms with Crippen molar-refractivity contribution in [3.05, 3.63) is 0 Å². The van der Waals surface area contributed by atoms with Gasteiger partial charge in [0.1, 0.15) is 0 Å². The maximum atomic E-state index is 10.7. The van der Waals surface area contributed by atoms with E-state index >= 15 is 0 Å². The Morgan fingerprint density at radius 2 is 1.64 bits per heavy atom. The predicted molar refractivity (Wildman–Crippen MR) is 43.2 cm³/mol. The Kier molecular flexibility index (Phi) is 2.46.